The molecule has 1 heterocycles. The van der Waals surface area contributed by atoms with Crippen molar-refractivity contribution in [1.82, 2.24) is 0 Å². The molecule has 78 valence electrons. The zero-order valence-corrected chi connectivity index (χ0v) is 7.66. The molecule has 1 aliphatic rings. The van der Waals surface area contributed by atoms with E-state index in [-0.39, 0.29) is 12.3 Å². The maximum absolute atomic E-state index is 12.9. The smallest absolute Gasteiger partial charge is 0.311 e. The Morgan fingerprint density at radius 3 is 2.93 bits per heavy atom. The van der Waals surface area contributed by atoms with E-state index in [1.54, 1.807) is 0 Å². The molecule has 1 atom stereocenters. The molecule has 2 N–H and O–H groups in total. The molecule has 0 radical (unpaired) electrons. The Morgan fingerprint density at radius 1 is 1.53 bits per heavy atom. The summed E-state index contributed by atoms with van der Waals surface area (Å²) in [6.45, 7) is 0. The van der Waals surface area contributed by atoms with Gasteiger partial charge in [0.2, 0.25) is 5.91 Å². The summed E-state index contributed by atoms with van der Waals surface area (Å²) in [6, 6.07) is 3.70. The van der Waals surface area contributed by atoms with Gasteiger partial charge in [-0.3, -0.25) is 9.59 Å². The Balaban J connectivity index is 2.52. The summed E-state index contributed by atoms with van der Waals surface area (Å²) in [5.74, 6) is -2.93. The predicted molar refractivity (Wildman–Crippen MR) is 50.0 cm³/mol. The van der Waals surface area contributed by atoms with Crippen molar-refractivity contribution >= 4 is 17.6 Å². The lowest BCUT2D eigenvalue weighted by atomic mass is 9.91. The molecule has 1 aliphatic heterocycles. The summed E-state index contributed by atoms with van der Waals surface area (Å²) in [4.78, 5) is 22.0. The van der Waals surface area contributed by atoms with Gasteiger partial charge in [0.05, 0.1) is 5.92 Å². The van der Waals surface area contributed by atoms with E-state index >= 15 is 0 Å². The first-order valence-electron chi connectivity index (χ1n) is 4.40. The second-order valence-corrected chi connectivity index (χ2v) is 3.37. The third-order valence-electron chi connectivity index (χ3n) is 2.35. The van der Waals surface area contributed by atoms with E-state index < -0.39 is 17.7 Å². The van der Waals surface area contributed by atoms with Crippen LogP contribution in [0.4, 0.5) is 10.1 Å². The van der Waals surface area contributed by atoms with E-state index in [9.17, 15) is 14.0 Å². The highest BCUT2D eigenvalue weighted by atomic mass is 19.1. The van der Waals surface area contributed by atoms with Gasteiger partial charge in [0, 0.05) is 12.1 Å². The molecule has 0 spiro atoms. The Hall–Kier alpha value is -1.91. The summed E-state index contributed by atoms with van der Waals surface area (Å²) in [5, 5.41) is 11.4. The van der Waals surface area contributed by atoms with E-state index in [4.69, 9.17) is 5.11 Å². The first-order valence-corrected chi connectivity index (χ1v) is 4.40. The van der Waals surface area contributed by atoms with E-state index in [2.05, 4.69) is 5.32 Å². The Labute approximate surface area is 84.7 Å². The predicted octanol–water partition coefficient (Wildman–Crippen LogP) is 1.34. The SMILES string of the molecule is O=C1CC(C(=O)O)c2cc(F)ccc2N1. The number of anilines is 1. The fourth-order valence-electron chi connectivity index (χ4n) is 1.65. The lowest BCUT2D eigenvalue weighted by Crippen LogP contribution is -2.27. The Morgan fingerprint density at radius 2 is 2.27 bits per heavy atom. The number of amides is 1. The van der Waals surface area contributed by atoms with E-state index in [0.29, 0.717) is 11.3 Å². The highest BCUT2D eigenvalue weighted by molar-refractivity contribution is 5.99. The highest BCUT2D eigenvalue weighted by Crippen LogP contribution is 2.32. The number of hydrogen-bond acceptors (Lipinski definition) is 2. The van der Waals surface area contributed by atoms with Crippen LogP contribution in [0.2, 0.25) is 0 Å². The maximum Gasteiger partial charge on any atom is 0.311 e. The summed E-state index contributed by atoms with van der Waals surface area (Å²) in [7, 11) is 0. The zero-order chi connectivity index (χ0) is 11.0. The number of nitrogens with one attached hydrogen (secondary N) is 1. The van der Waals surface area contributed by atoms with Gasteiger partial charge in [-0.05, 0) is 23.8 Å². The molecule has 5 heteroatoms. The highest BCUT2D eigenvalue weighted by Gasteiger charge is 2.30. The van der Waals surface area contributed by atoms with Crippen LogP contribution in [0, 0.1) is 5.82 Å². The number of carboxylic acids is 1. The van der Waals surface area contributed by atoms with Crippen molar-refractivity contribution in [2.75, 3.05) is 5.32 Å². The molecular formula is C10H8FNO3. The lowest BCUT2D eigenvalue weighted by molar-refractivity contribution is -0.140. The number of halogens is 1. The molecule has 1 aromatic rings. The summed E-state index contributed by atoms with van der Waals surface area (Å²) >= 11 is 0. The molecular weight excluding hydrogens is 201 g/mol. The van der Waals surface area contributed by atoms with E-state index in [1.165, 1.54) is 12.1 Å². The van der Waals surface area contributed by atoms with Crippen molar-refractivity contribution in [3.05, 3.63) is 29.6 Å². The quantitative estimate of drug-likeness (QED) is 0.733. The van der Waals surface area contributed by atoms with Crippen LogP contribution in [-0.4, -0.2) is 17.0 Å². The minimum absolute atomic E-state index is 0.147. The van der Waals surface area contributed by atoms with Gasteiger partial charge in [-0.1, -0.05) is 0 Å². The molecule has 4 nitrogen and oxygen atoms in total. The van der Waals surface area contributed by atoms with Crippen LogP contribution in [0.1, 0.15) is 17.9 Å². The normalized spacial score (nSPS) is 19.3. The minimum atomic E-state index is -1.11. The van der Waals surface area contributed by atoms with Crippen LogP contribution >= 0.6 is 0 Å². The van der Waals surface area contributed by atoms with Crippen molar-refractivity contribution in [2.24, 2.45) is 0 Å². The third-order valence-corrected chi connectivity index (χ3v) is 2.35. The number of rotatable bonds is 1. The number of hydrogen-bond donors (Lipinski definition) is 2. The fraction of sp³-hybridized carbons (Fsp3) is 0.200. The van der Waals surface area contributed by atoms with Crippen LogP contribution < -0.4 is 5.32 Å². The van der Waals surface area contributed by atoms with Gasteiger partial charge in [-0.25, -0.2) is 4.39 Å². The van der Waals surface area contributed by atoms with Crippen molar-refractivity contribution in [3.63, 3.8) is 0 Å². The molecule has 0 bridgehead atoms. The summed E-state index contributed by atoms with van der Waals surface area (Å²) < 4.78 is 12.9. The first-order chi connectivity index (χ1) is 7.08. The molecule has 0 aromatic heterocycles. The standard InChI is InChI=1S/C10H8FNO3/c11-5-1-2-8-6(3-5)7(10(14)15)4-9(13)12-8/h1-3,7H,4H2,(H,12,13)(H,14,15). The van der Waals surface area contributed by atoms with Crippen LogP contribution in [-0.2, 0) is 9.59 Å². The number of carbonyl (C=O) groups excluding carboxylic acids is 1. The maximum atomic E-state index is 12.9. The van der Waals surface area contributed by atoms with Crippen molar-refractivity contribution in [2.45, 2.75) is 12.3 Å². The number of aliphatic carboxylic acids is 1. The van der Waals surface area contributed by atoms with Gasteiger partial charge < -0.3 is 10.4 Å². The number of carbonyl (C=O) groups is 2. The number of benzene rings is 1. The van der Waals surface area contributed by atoms with Gasteiger partial charge >= 0.3 is 5.97 Å². The van der Waals surface area contributed by atoms with Gasteiger partial charge in [0.25, 0.3) is 0 Å². The second kappa shape index (κ2) is 3.34. The lowest BCUT2D eigenvalue weighted by Gasteiger charge is -2.22. The largest absolute Gasteiger partial charge is 0.481 e. The van der Waals surface area contributed by atoms with Crippen molar-refractivity contribution < 1.29 is 19.1 Å². The molecule has 0 saturated heterocycles. The average Bonchev–Trinajstić information content (AvgIpc) is 2.17. The van der Waals surface area contributed by atoms with Crippen LogP contribution in [0.15, 0.2) is 18.2 Å². The van der Waals surface area contributed by atoms with Crippen molar-refractivity contribution in [3.8, 4) is 0 Å². The first kappa shape index (κ1) is 9.64. The zero-order valence-electron chi connectivity index (χ0n) is 7.66. The Kier molecular flexibility index (Phi) is 2.15. The minimum Gasteiger partial charge on any atom is -0.481 e. The molecule has 0 fully saturated rings. The average molecular weight is 209 g/mol. The van der Waals surface area contributed by atoms with Crippen molar-refractivity contribution in [1.29, 1.82) is 0 Å². The summed E-state index contributed by atoms with van der Waals surface area (Å²) in [6.07, 6.45) is -0.147. The second-order valence-electron chi connectivity index (χ2n) is 3.37. The summed E-state index contributed by atoms with van der Waals surface area (Å²) in [5.41, 5.74) is 0.696. The number of fused-ring (bicyclic) bond motifs is 1. The molecule has 0 saturated carbocycles. The molecule has 2 rings (SSSR count). The van der Waals surface area contributed by atoms with Gasteiger partial charge in [0.1, 0.15) is 5.82 Å². The van der Waals surface area contributed by atoms with Crippen LogP contribution in [0.5, 0.6) is 0 Å². The van der Waals surface area contributed by atoms with E-state index in [1.807, 2.05) is 0 Å². The van der Waals surface area contributed by atoms with Gasteiger partial charge in [0.15, 0.2) is 0 Å². The monoisotopic (exact) mass is 209 g/mol. The van der Waals surface area contributed by atoms with Crippen LogP contribution in [0.3, 0.4) is 0 Å². The van der Waals surface area contributed by atoms with Gasteiger partial charge in [-0.15, -0.1) is 0 Å². The molecule has 1 amide bonds. The fourth-order valence-corrected chi connectivity index (χ4v) is 1.65. The van der Waals surface area contributed by atoms with E-state index in [0.717, 1.165) is 6.07 Å². The van der Waals surface area contributed by atoms with Crippen LogP contribution in [0.25, 0.3) is 0 Å². The topological polar surface area (TPSA) is 66.4 Å². The van der Waals surface area contributed by atoms with Gasteiger partial charge in [-0.2, -0.15) is 0 Å². The molecule has 1 unspecified atom stereocenters. The number of carboxylic acid groups (broad SMARTS) is 1. The Bertz CT molecular complexity index is 444. The molecule has 1 aromatic carbocycles. The molecule has 15 heavy (non-hydrogen) atoms. The molecule has 0 aliphatic carbocycles. The third kappa shape index (κ3) is 1.68.